The van der Waals surface area contributed by atoms with Crippen molar-refractivity contribution in [2.75, 3.05) is 26.2 Å². The van der Waals surface area contributed by atoms with E-state index in [4.69, 9.17) is 0 Å². The lowest BCUT2D eigenvalue weighted by Crippen LogP contribution is -2.34. The number of rotatable bonds is 9. The van der Waals surface area contributed by atoms with Crippen LogP contribution in [0.2, 0.25) is 0 Å². The molecule has 27 heavy (non-hydrogen) atoms. The fourth-order valence-corrected chi connectivity index (χ4v) is 3.35. The minimum Gasteiger partial charge on any atom is -0.465 e. The van der Waals surface area contributed by atoms with E-state index in [9.17, 15) is 14.7 Å². The molecule has 5 heteroatoms. The van der Waals surface area contributed by atoms with E-state index in [1.54, 1.807) is 0 Å². The van der Waals surface area contributed by atoms with Crippen LogP contribution in [0.5, 0.6) is 0 Å². The van der Waals surface area contributed by atoms with Crippen LogP contribution in [0.1, 0.15) is 87.4 Å². The predicted molar refractivity (Wildman–Crippen MR) is 111 cm³/mol. The van der Waals surface area contributed by atoms with Gasteiger partial charge < -0.3 is 14.9 Å². The zero-order valence-corrected chi connectivity index (χ0v) is 18.0. The molecule has 0 aromatic heterocycles. The number of amides is 2. The third-order valence-corrected chi connectivity index (χ3v) is 5.16. The van der Waals surface area contributed by atoms with Gasteiger partial charge in [-0.05, 0) is 61.8 Å². The van der Waals surface area contributed by atoms with Crippen LogP contribution in [0.15, 0.2) is 12.1 Å². The van der Waals surface area contributed by atoms with Crippen molar-refractivity contribution in [2.24, 2.45) is 0 Å². The maximum Gasteiger partial charge on any atom is 0.407 e. The summed E-state index contributed by atoms with van der Waals surface area (Å²) in [6.07, 6.45) is -0.368. The van der Waals surface area contributed by atoms with E-state index in [1.807, 2.05) is 31.7 Å². The smallest absolute Gasteiger partial charge is 0.407 e. The summed E-state index contributed by atoms with van der Waals surface area (Å²) in [5.74, 6) is 0.630. The van der Waals surface area contributed by atoms with E-state index in [2.05, 4.69) is 33.8 Å². The normalized spacial score (nSPS) is 11.1. The molecule has 0 radical (unpaired) electrons. The summed E-state index contributed by atoms with van der Waals surface area (Å²) in [6.45, 7) is 16.5. The van der Waals surface area contributed by atoms with Gasteiger partial charge in [-0.2, -0.15) is 0 Å². The van der Waals surface area contributed by atoms with Gasteiger partial charge in [0.25, 0.3) is 5.91 Å². The van der Waals surface area contributed by atoms with Crippen LogP contribution in [0.4, 0.5) is 4.79 Å². The first kappa shape index (κ1) is 23.0. The quantitative estimate of drug-likeness (QED) is 0.663. The summed E-state index contributed by atoms with van der Waals surface area (Å²) in [6, 6.07) is 4.21. The Kier molecular flexibility index (Phi) is 8.80. The van der Waals surface area contributed by atoms with Gasteiger partial charge in [-0.1, -0.05) is 33.8 Å². The van der Waals surface area contributed by atoms with Crippen molar-refractivity contribution in [1.29, 1.82) is 0 Å². The molecular weight excluding hydrogens is 340 g/mol. The molecule has 1 N–H and O–H groups in total. The fourth-order valence-electron chi connectivity index (χ4n) is 3.35. The molecule has 0 heterocycles. The van der Waals surface area contributed by atoms with Crippen molar-refractivity contribution in [3.63, 3.8) is 0 Å². The standard InChI is InChI=1S/C22H36N2O3/c1-8-23(9-2)21(25)20-14-17(15(4)5)13-19(16(6)7)18(20)11-12-24(10-3)22(26)27/h13-16H,8-12H2,1-7H3,(H,26,27). The molecule has 152 valence electrons. The molecule has 0 atom stereocenters. The minimum absolute atomic E-state index is 0.0396. The van der Waals surface area contributed by atoms with Gasteiger partial charge >= 0.3 is 6.09 Å². The molecule has 5 nitrogen and oxygen atoms in total. The van der Waals surface area contributed by atoms with Gasteiger partial charge in [0.1, 0.15) is 0 Å². The number of hydrogen-bond donors (Lipinski definition) is 1. The van der Waals surface area contributed by atoms with Gasteiger partial charge in [0, 0.05) is 31.7 Å². The number of carboxylic acid groups (broad SMARTS) is 1. The van der Waals surface area contributed by atoms with E-state index >= 15 is 0 Å². The zero-order valence-electron chi connectivity index (χ0n) is 18.0. The highest BCUT2D eigenvalue weighted by atomic mass is 16.4. The van der Waals surface area contributed by atoms with Crippen molar-refractivity contribution < 1.29 is 14.7 Å². The number of hydrogen-bond acceptors (Lipinski definition) is 2. The monoisotopic (exact) mass is 376 g/mol. The molecule has 0 fully saturated rings. The van der Waals surface area contributed by atoms with Crippen LogP contribution in [-0.2, 0) is 6.42 Å². The predicted octanol–water partition coefficient (Wildman–Crippen LogP) is 4.96. The summed E-state index contributed by atoms with van der Waals surface area (Å²) in [4.78, 5) is 27.8. The van der Waals surface area contributed by atoms with E-state index < -0.39 is 6.09 Å². The van der Waals surface area contributed by atoms with Gasteiger partial charge in [0.15, 0.2) is 0 Å². The number of benzene rings is 1. The lowest BCUT2D eigenvalue weighted by atomic mass is 9.86. The Morgan fingerprint density at radius 3 is 1.89 bits per heavy atom. The molecule has 0 bridgehead atoms. The first-order chi connectivity index (χ1) is 12.7. The van der Waals surface area contributed by atoms with E-state index in [1.165, 1.54) is 4.90 Å². The highest BCUT2D eigenvalue weighted by molar-refractivity contribution is 5.96. The zero-order chi connectivity index (χ0) is 20.7. The maximum absolute atomic E-state index is 13.2. The number of likely N-dealkylation sites (N-methyl/N-ethyl adjacent to an activating group) is 1. The Labute approximate surface area is 164 Å². The van der Waals surface area contributed by atoms with Gasteiger partial charge in [-0.3, -0.25) is 4.79 Å². The summed E-state index contributed by atoms with van der Waals surface area (Å²) in [5, 5.41) is 9.34. The van der Waals surface area contributed by atoms with E-state index in [-0.39, 0.29) is 11.8 Å². The lowest BCUT2D eigenvalue weighted by molar-refractivity contribution is 0.0771. The van der Waals surface area contributed by atoms with Crippen molar-refractivity contribution >= 4 is 12.0 Å². The van der Waals surface area contributed by atoms with Crippen LogP contribution in [0.25, 0.3) is 0 Å². The second kappa shape index (κ2) is 10.3. The van der Waals surface area contributed by atoms with Crippen LogP contribution in [0, 0.1) is 0 Å². The molecule has 0 aliphatic rings. The summed E-state index contributed by atoms with van der Waals surface area (Å²) < 4.78 is 0. The van der Waals surface area contributed by atoms with E-state index in [0.29, 0.717) is 38.5 Å². The highest BCUT2D eigenvalue weighted by Crippen LogP contribution is 2.30. The van der Waals surface area contributed by atoms with E-state index in [0.717, 1.165) is 22.3 Å². The van der Waals surface area contributed by atoms with Crippen molar-refractivity contribution in [1.82, 2.24) is 9.80 Å². The first-order valence-electron chi connectivity index (χ1n) is 10.1. The van der Waals surface area contributed by atoms with Crippen molar-refractivity contribution in [2.45, 2.75) is 66.7 Å². The van der Waals surface area contributed by atoms with Gasteiger partial charge in [-0.15, -0.1) is 0 Å². The molecule has 0 aliphatic carbocycles. The Morgan fingerprint density at radius 2 is 1.48 bits per heavy atom. The van der Waals surface area contributed by atoms with Crippen LogP contribution in [-0.4, -0.2) is 53.1 Å². The molecule has 1 aromatic rings. The minimum atomic E-state index is -0.918. The number of carbonyl (C=O) groups is 2. The molecule has 1 aromatic carbocycles. The summed E-state index contributed by atoms with van der Waals surface area (Å²) >= 11 is 0. The van der Waals surface area contributed by atoms with Crippen molar-refractivity contribution in [3.05, 3.63) is 34.4 Å². The molecular formula is C22H36N2O3. The molecule has 0 saturated heterocycles. The Bertz CT molecular complexity index is 649. The Balaban J connectivity index is 3.50. The topological polar surface area (TPSA) is 60.9 Å². The second-order valence-corrected chi connectivity index (χ2v) is 7.54. The molecule has 0 unspecified atom stereocenters. The maximum atomic E-state index is 13.2. The summed E-state index contributed by atoms with van der Waals surface area (Å²) in [7, 11) is 0. The van der Waals surface area contributed by atoms with Gasteiger partial charge in [0.05, 0.1) is 0 Å². The fraction of sp³-hybridized carbons (Fsp3) is 0.636. The van der Waals surface area contributed by atoms with Crippen LogP contribution in [0.3, 0.4) is 0 Å². The Hall–Kier alpha value is -2.04. The number of carbonyl (C=O) groups excluding carboxylic acids is 1. The molecule has 1 rings (SSSR count). The largest absolute Gasteiger partial charge is 0.465 e. The SMILES string of the molecule is CCN(CCc1c(C(=O)N(CC)CC)cc(C(C)C)cc1C(C)C)C(=O)O. The third-order valence-electron chi connectivity index (χ3n) is 5.16. The summed E-state index contributed by atoms with van der Waals surface area (Å²) in [5.41, 5.74) is 4.03. The lowest BCUT2D eigenvalue weighted by Gasteiger charge is -2.26. The van der Waals surface area contributed by atoms with Crippen molar-refractivity contribution in [3.8, 4) is 0 Å². The average molecular weight is 377 g/mol. The first-order valence-corrected chi connectivity index (χ1v) is 10.1. The third kappa shape index (κ3) is 5.72. The van der Waals surface area contributed by atoms with Gasteiger partial charge in [-0.25, -0.2) is 4.79 Å². The van der Waals surface area contributed by atoms with Gasteiger partial charge in [0.2, 0.25) is 0 Å². The van der Waals surface area contributed by atoms with Crippen LogP contribution < -0.4 is 0 Å². The average Bonchev–Trinajstić information content (AvgIpc) is 2.62. The molecule has 2 amide bonds. The molecule has 0 saturated carbocycles. The number of nitrogens with zero attached hydrogens (tertiary/aromatic N) is 2. The second-order valence-electron chi connectivity index (χ2n) is 7.54. The van der Waals surface area contributed by atoms with Crippen LogP contribution >= 0.6 is 0 Å². The molecule has 0 spiro atoms. The highest BCUT2D eigenvalue weighted by Gasteiger charge is 2.23. The molecule has 0 aliphatic heterocycles. The Morgan fingerprint density at radius 1 is 0.926 bits per heavy atom.